The molecule has 0 unspecified atom stereocenters. The highest BCUT2D eigenvalue weighted by atomic mass is 16.6. The number of hydrogen-bond acceptors (Lipinski definition) is 8. The standard InChI is InChI=1S/C18H19NO8/c1-17(22)13-9-6-5-8(19(24)25)7-10(9)14(18(17,2)23)12(16(21)27-4)11(13)15(20)26-3/h5-7,13-14,22-23H,1-4H3/t13-,14+,17+,18-/m1/s1. The fourth-order valence-corrected chi connectivity index (χ4v) is 4.24. The van der Waals surface area contributed by atoms with Crippen LogP contribution in [0.15, 0.2) is 29.3 Å². The topological polar surface area (TPSA) is 136 Å². The Balaban J connectivity index is 2.43. The van der Waals surface area contributed by atoms with Gasteiger partial charge in [-0.15, -0.1) is 0 Å². The van der Waals surface area contributed by atoms with Crippen molar-refractivity contribution < 1.29 is 34.2 Å². The summed E-state index contributed by atoms with van der Waals surface area (Å²) in [6.07, 6.45) is 0. The van der Waals surface area contributed by atoms with Gasteiger partial charge in [0.25, 0.3) is 5.69 Å². The number of methoxy groups -OCH3 is 2. The van der Waals surface area contributed by atoms with Crippen LogP contribution in [-0.2, 0) is 19.1 Å². The highest BCUT2D eigenvalue weighted by molar-refractivity contribution is 6.05. The van der Waals surface area contributed by atoms with Crippen molar-refractivity contribution in [3.05, 3.63) is 50.6 Å². The fraction of sp³-hybridized carbons (Fsp3) is 0.444. The molecule has 0 fully saturated rings. The smallest absolute Gasteiger partial charge is 0.335 e. The molecular weight excluding hydrogens is 358 g/mol. The molecule has 0 saturated carbocycles. The second kappa shape index (κ2) is 5.86. The minimum atomic E-state index is -1.90. The van der Waals surface area contributed by atoms with Gasteiger partial charge < -0.3 is 19.7 Å². The molecule has 0 aliphatic heterocycles. The molecule has 0 heterocycles. The summed E-state index contributed by atoms with van der Waals surface area (Å²) in [5, 5.41) is 33.5. The normalized spacial score (nSPS) is 31.3. The van der Waals surface area contributed by atoms with E-state index in [0.717, 1.165) is 14.2 Å². The highest BCUT2D eigenvalue weighted by Gasteiger charge is 2.66. The number of ether oxygens (including phenoxy) is 2. The minimum absolute atomic E-state index is 0.118. The Bertz CT molecular complexity index is 899. The summed E-state index contributed by atoms with van der Waals surface area (Å²) in [7, 11) is 2.25. The van der Waals surface area contributed by atoms with Gasteiger partial charge in [-0.1, -0.05) is 6.07 Å². The fourth-order valence-electron chi connectivity index (χ4n) is 4.24. The number of carbonyl (C=O) groups is 2. The van der Waals surface area contributed by atoms with E-state index in [-0.39, 0.29) is 16.8 Å². The third-order valence-electron chi connectivity index (χ3n) is 5.73. The van der Waals surface area contributed by atoms with E-state index in [9.17, 15) is 29.9 Å². The summed E-state index contributed by atoms with van der Waals surface area (Å²) in [6, 6.07) is 3.91. The van der Waals surface area contributed by atoms with E-state index >= 15 is 0 Å². The van der Waals surface area contributed by atoms with Gasteiger partial charge in [0.2, 0.25) is 0 Å². The number of aliphatic hydroxyl groups is 2. The molecule has 4 rings (SSSR count). The lowest BCUT2D eigenvalue weighted by Crippen LogP contribution is -2.65. The van der Waals surface area contributed by atoms with E-state index in [1.165, 1.54) is 32.0 Å². The number of nitro benzene ring substituents is 1. The first-order chi connectivity index (χ1) is 12.5. The van der Waals surface area contributed by atoms with Crippen molar-refractivity contribution in [1.82, 2.24) is 0 Å². The Morgan fingerprint density at radius 3 is 1.85 bits per heavy atom. The second-order valence-corrected chi connectivity index (χ2v) is 7.04. The van der Waals surface area contributed by atoms with Gasteiger partial charge >= 0.3 is 11.9 Å². The van der Waals surface area contributed by atoms with E-state index in [0.29, 0.717) is 11.1 Å². The third kappa shape index (κ3) is 2.31. The molecule has 2 bridgehead atoms. The van der Waals surface area contributed by atoms with Crippen molar-refractivity contribution in [2.75, 3.05) is 14.2 Å². The molecule has 0 saturated heterocycles. The molecular formula is C18H19NO8. The van der Waals surface area contributed by atoms with Crippen LogP contribution in [0.25, 0.3) is 0 Å². The number of esters is 2. The third-order valence-corrected chi connectivity index (χ3v) is 5.73. The predicted molar refractivity (Wildman–Crippen MR) is 90.9 cm³/mol. The van der Waals surface area contributed by atoms with Crippen LogP contribution in [0, 0.1) is 10.1 Å². The average molecular weight is 377 g/mol. The van der Waals surface area contributed by atoms with Gasteiger partial charge in [0.15, 0.2) is 0 Å². The van der Waals surface area contributed by atoms with Crippen molar-refractivity contribution in [1.29, 1.82) is 0 Å². The Labute approximate surface area is 154 Å². The van der Waals surface area contributed by atoms with Gasteiger partial charge in [0, 0.05) is 24.0 Å². The molecule has 9 heteroatoms. The van der Waals surface area contributed by atoms with Crippen LogP contribution in [0.1, 0.15) is 36.8 Å². The number of non-ortho nitro benzene ring substituents is 1. The molecule has 0 spiro atoms. The first-order valence-electron chi connectivity index (χ1n) is 8.14. The maximum Gasteiger partial charge on any atom is 0.335 e. The monoisotopic (exact) mass is 377 g/mol. The molecule has 3 aliphatic carbocycles. The Morgan fingerprint density at radius 2 is 1.44 bits per heavy atom. The van der Waals surface area contributed by atoms with Crippen LogP contribution in [-0.4, -0.2) is 52.5 Å². The largest absolute Gasteiger partial charge is 0.466 e. The van der Waals surface area contributed by atoms with Gasteiger partial charge in [-0.3, -0.25) is 10.1 Å². The average Bonchev–Trinajstić information content (AvgIpc) is 2.62. The van der Waals surface area contributed by atoms with Crippen molar-refractivity contribution in [2.45, 2.75) is 36.9 Å². The minimum Gasteiger partial charge on any atom is -0.466 e. The van der Waals surface area contributed by atoms with Crippen LogP contribution < -0.4 is 0 Å². The van der Waals surface area contributed by atoms with E-state index in [1.54, 1.807) is 0 Å². The summed E-state index contributed by atoms with van der Waals surface area (Å²) in [6.45, 7) is 2.68. The van der Waals surface area contributed by atoms with Crippen molar-refractivity contribution in [3.63, 3.8) is 0 Å². The van der Waals surface area contributed by atoms with Gasteiger partial charge in [-0.05, 0) is 25.0 Å². The lowest BCUT2D eigenvalue weighted by Gasteiger charge is -2.57. The summed E-state index contributed by atoms with van der Waals surface area (Å²) < 4.78 is 9.59. The molecule has 4 atom stereocenters. The summed E-state index contributed by atoms with van der Waals surface area (Å²) in [5.74, 6) is -4.06. The van der Waals surface area contributed by atoms with E-state index in [4.69, 9.17) is 9.47 Å². The molecule has 27 heavy (non-hydrogen) atoms. The second-order valence-electron chi connectivity index (χ2n) is 7.04. The van der Waals surface area contributed by atoms with Gasteiger partial charge in [0.05, 0.1) is 30.3 Å². The maximum absolute atomic E-state index is 12.5. The summed E-state index contributed by atoms with van der Waals surface area (Å²) >= 11 is 0. The number of benzene rings is 1. The zero-order chi connectivity index (χ0) is 20.3. The molecule has 9 nitrogen and oxygen atoms in total. The predicted octanol–water partition coefficient (Wildman–Crippen LogP) is 0.934. The summed E-state index contributed by atoms with van der Waals surface area (Å²) in [5.41, 5.74) is -3.57. The van der Waals surface area contributed by atoms with Crippen molar-refractivity contribution in [2.24, 2.45) is 0 Å². The highest BCUT2D eigenvalue weighted by Crippen LogP contribution is 2.62. The van der Waals surface area contributed by atoms with Crippen LogP contribution >= 0.6 is 0 Å². The number of fused-ring (bicyclic) bond motifs is 1. The van der Waals surface area contributed by atoms with E-state index in [1.807, 2.05) is 0 Å². The van der Waals surface area contributed by atoms with Crippen molar-refractivity contribution >= 4 is 17.6 Å². The lowest BCUT2D eigenvalue weighted by atomic mass is 9.50. The lowest BCUT2D eigenvalue weighted by molar-refractivity contribution is -0.385. The zero-order valence-corrected chi connectivity index (χ0v) is 15.2. The SMILES string of the molecule is COC(=O)C1=C(C(=O)OC)[C@H]2c3ccc([N+](=O)[O-])cc3[C@@H]1[C@@](C)(O)[C@@]2(C)O. The first-order valence-corrected chi connectivity index (χ1v) is 8.14. The number of nitrogens with zero attached hydrogens (tertiary/aromatic N) is 1. The van der Waals surface area contributed by atoms with Crippen LogP contribution in [0.3, 0.4) is 0 Å². The number of rotatable bonds is 3. The molecule has 2 N–H and O–H groups in total. The number of nitro groups is 1. The van der Waals surface area contributed by atoms with Crippen LogP contribution in [0.4, 0.5) is 5.69 Å². The van der Waals surface area contributed by atoms with Crippen LogP contribution in [0.2, 0.25) is 0 Å². The van der Waals surface area contributed by atoms with Crippen molar-refractivity contribution in [3.8, 4) is 0 Å². The zero-order valence-electron chi connectivity index (χ0n) is 15.2. The molecule has 144 valence electrons. The van der Waals surface area contributed by atoms with E-state index in [2.05, 4.69) is 0 Å². The van der Waals surface area contributed by atoms with Gasteiger partial charge in [0.1, 0.15) is 11.2 Å². The maximum atomic E-state index is 12.5. The van der Waals surface area contributed by atoms with E-state index < -0.39 is 39.9 Å². The first kappa shape index (κ1) is 19.0. The van der Waals surface area contributed by atoms with Crippen LogP contribution in [0.5, 0.6) is 0 Å². The molecule has 0 aromatic heterocycles. The van der Waals surface area contributed by atoms with Gasteiger partial charge in [-0.25, -0.2) is 9.59 Å². The van der Waals surface area contributed by atoms with Gasteiger partial charge in [-0.2, -0.15) is 0 Å². The summed E-state index contributed by atoms with van der Waals surface area (Å²) in [4.78, 5) is 35.6. The quantitative estimate of drug-likeness (QED) is 0.451. The molecule has 0 radical (unpaired) electrons. The molecule has 0 amide bonds. The Kier molecular flexibility index (Phi) is 4.12. The number of carbonyl (C=O) groups excluding carboxylic acids is 2. The Hall–Kier alpha value is -2.78. The number of hydrogen-bond donors (Lipinski definition) is 2. The molecule has 3 aliphatic rings. The molecule has 1 aromatic rings. The Morgan fingerprint density at radius 1 is 1.00 bits per heavy atom. The molecule has 1 aromatic carbocycles.